The largest absolute Gasteiger partial charge is 0.369 e. The van der Waals surface area contributed by atoms with E-state index in [-0.39, 0.29) is 5.82 Å². The van der Waals surface area contributed by atoms with Gasteiger partial charge in [0.05, 0.1) is 0 Å². The molecule has 0 saturated carbocycles. The third-order valence-corrected chi connectivity index (χ3v) is 3.29. The van der Waals surface area contributed by atoms with Gasteiger partial charge in [0.15, 0.2) is 5.65 Å². The summed E-state index contributed by atoms with van der Waals surface area (Å²) in [6.07, 6.45) is 2.56. The van der Waals surface area contributed by atoms with Crippen molar-refractivity contribution in [2.45, 2.75) is 19.9 Å². The van der Waals surface area contributed by atoms with Gasteiger partial charge in [-0.3, -0.25) is 4.57 Å². The van der Waals surface area contributed by atoms with Crippen LogP contribution in [-0.4, -0.2) is 14.5 Å². The van der Waals surface area contributed by atoms with Crippen LogP contribution in [0.25, 0.3) is 11.2 Å². The molecule has 2 heterocycles. The highest BCUT2D eigenvalue weighted by molar-refractivity contribution is 5.74. The summed E-state index contributed by atoms with van der Waals surface area (Å²) < 4.78 is 14.8. The van der Waals surface area contributed by atoms with Gasteiger partial charge in [-0.15, -0.1) is 0 Å². The average molecular weight is 270 g/mol. The van der Waals surface area contributed by atoms with Gasteiger partial charge in [-0.2, -0.15) is 0 Å². The van der Waals surface area contributed by atoms with Crippen LogP contribution in [0, 0.1) is 12.7 Å². The van der Waals surface area contributed by atoms with Crippen molar-refractivity contribution >= 4 is 17.1 Å². The van der Waals surface area contributed by atoms with Crippen molar-refractivity contribution in [2.75, 3.05) is 5.73 Å². The van der Waals surface area contributed by atoms with E-state index in [1.54, 1.807) is 18.3 Å². The molecule has 5 heteroatoms. The number of halogens is 1. The number of fused-ring (bicyclic) bond motifs is 1. The van der Waals surface area contributed by atoms with Crippen molar-refractivity contribution in [3.8, 4) is 0 Å². The quantitative estimate of drug-likeness (QED) is 0.796. The number of aromatic nitrogens is 3. The van der Waals surface area contributed by atoms with Gasteiger partial charge in [0.25, 0.3) is 0 Å². The molecule has 0 atom stereocenters. The molecule has 0 spiro atoms. The lowest BCUT2D eigenvalue weighted by Gasteiger charge is -2.06. The Morgan fingerprint density at radius 3 is 2.75 bits per heavy atom. The molecule has 0 unspecified atom stereocenters. The van der Waals surface area contributed by atoms with E-state index in [1.807, 2.05) is 17.6 Å². The second-order valence-electron chi connectivity index (χ2n) is 4.85. The molecule has 3 aromatic rings. The number of pyridine rings is 1. The van der Waals surface area contributed by atoms with E-state index < -0.39 is 0 Å². The minimum atomic E-state index is -0.224. The van der Waals surface area contributed by atoms with Crippen molar-refractivity contribution in [1.29, 1.82) is 0 Å². The lowest BCUT2D eigenvalue weighted by atomic mass is 10.1. The summed E-state index contributed by atoms with van der Waals surface area (Å²) in [6.45, 7) is 2.64. The number of nitrogen functional groups attached to an aromatic ring is 1. The summed E-state index contributed by atoms with van der Waals surface area (Å²) in [7, 11) is 0. The second-order valence-corrected chi connectivity index (χ2v) is 4.85. The number of aryl methyl sites for hydroxylation is 3. The van der Waals surface area contributed by atoms with E-state index in [1.165, 1.54) is 12.1 Å². The predicted molar refractivity (Wildman–Crippen MR) is 76.8 cm³/mol. The molecule has 102 valence electrons. The van der Waals surface area contributed by atoms with Crippen molar-refractivity contribution < 1.29 is 4.39 Å². The van der Waals surface area contributed by atoms with Gasteiger partial charge in [-0.25, -0.2) is 14.4 Å². The molecule has 0 aliphatic carbocycles. The normalized spacial score (nSPS) is 11.1. The fraction of sp³-hybridized carbons (Fsp3) is 0.200. The smallest absolute Gasteiger partial charge is 0.202 e. The van der Waals surface area contributed by atoms with Gasteiger partial charge < -0.3 is 5.73 Å². The maximum absolute atomic E-state index is 12.9. The minimum absolute atomic E-state index is 0.224. The molecule has 2 N–H and O–H groups in total. The summed E-state index contributed by atoms with van der Waals surface area (Å²) in [5.74, 6) is 0.235. The van der Waals surface area contributed by atoms with Crippen molar-refractivity contribution in [2.24, 2.45) is 0 Å². The fourth-order valence-corrected chi connectivity index (χ4v) is 2.24. The average Bonchev–Trinajstić information content (AvgIpc) is 2.73. The number of rotatable bonds is 3. The Morgan fingerprint density at radius 2 is 2.00 bits per heavy atom. The number of anilines is 1. The Balaban J connectivity index is 1.87. The molecular formula is C15H15FN4. The van der Waals surface area contributed by atoms with E-state index in [9.17, 15) is 4.39 Å². The summed E-state index contributed by atoms with van der Waals surface area (Å²) in [5.41, 5.74) is 9.65. The highest BCUT2D eigenvalue weighted by atomic mass is 19.1. The number of nitrogens with zero attached hydrogens (tertiary/aromatic N) is 3. The Morgan fingerprint density at radius 1 is 1.25 bits per heavy atom. The standard InChI is InChI=1S/C15H15FN4/c1-10-8-13-14(18-9-10)20(15(17)19-13)7-6-11-2-4-12(16)5-3-11/h2-5,8-9H,6-7H2,1H3,(H2,17,19). The van der Waals surface area contributed by atoms with Crippen molar-refractivity contribution in [3.63, 3.8) is 0 Å². The monoisotopic (exact) mass is 270 g/mol. The Labute approximate surface area is 116 Å². The van der Waals surface area contributed by atoms with Gasteiger partial charge in [-0.05, 0) is 42.7 Å². The molecular weight excluding hydrogens is 255 g/mol. The van der Waals surface area contributed by atoms with Crippen LogP contribution in [0.3, 0.4) is 0 Å². The number of benzene rings is 1. The maximum atomic E-state index is 12.9. The summed E-state index contributed by atoms with van der Waals surface area (Å²) in [5, 5.41) is 0. The first-order valence-corrected chi connectivity index (χ1v) is 6.46. The number of hydrogen-bond acceptors (Lipinski definition) is 3. The number of nitrogens with two attached hydrogens (primary N) is 1. The molecule has 2 aromatic heterocycles. The van der Waals surface area contributed by atoms with Crippen LogP contribution in [0.15, 0.2) is 36.5 Å². The molecule has 3 rings (SSSR count). The zero-order valence-corrected chi connectivity index (χ0v) is 11.2. The van der Waals surface area contributed by atoms with Crippen LogP contribution in [0.4, 0.5) is 10.3 Å². The van der Waals surface area contributed by atoms with Crippen molar-refractivity contribution in [1.82, 2.24) is 14.5 Å². The van der Waals surface area contributed by atoms with E-state index in [4.69, 9.17) is 5.73 Å². The third kappa shape index (κ3) is 2.34. The number of hydrogen-bond donors (Lipinski definition) is 1. The Hall–Kier alpha value is -2.43. The first-order chi connectivity index (χ1) is 9.63. The summed E-state index contributed by atoms with van der Waals surface area (Å²) in [4.78, 5) is 8.71. The van der Waals surface area contributed by atoms with Gasteiger partial charge in [0, 0.05) is 12.7 Å². The van der Waals surface area contributed by atoms with Gasteiger partial charge in [0.2, 0.25) is 5.95 Å². The van der Waals surface area contributed by atoms with Crippen molar-refractivity contribution in [3.05, 3.63) is 53.5 Å². The molecule has 4 nitrogen and oxygen atoms in total. The Bertz CT molecular complexity index is 746. The van der Waals surface area contributed by atoms with E-state index in [2.05, 4.69) is 9.97 Å². The topological polar surface area (TPSA) is 56.7 Å². The lowest BCUT2D eigenvalue weighted by molar-refractivity contribution is 0.626. The van der Waals surface area contributed by atoms with Gasteiger partial charge in [0.1, 0.15) is 11.3 Å². The molecule has 0 bridgehead atoms. The molecule has 0 saturated heterocycles. The Kier molecular flexibility index (Phi) is 3.10. The van der Waals surface area contributed by atoms with Crippen LogP contribution in [0.5, 0.6) is 0 Å². The highest BCUT2D eigenvalue weighted by Crippen LogP contribution is 2.17. The lowest BCUT2D eigenvalue weighted by Crippen LogP contribution is -2.06. The SMILES string of the molecule is Cc1cnc2c(c1)nc(N)n2CCc1ccc(F)cc1. The fourth-order valence-electron chi connectivity index (χ4n) is 2.24. The molecule has 0 aliphatic heterocycles. The first-order valence-electron chi connectivity index (χ1n) is 6.46. The molecule has 0 fully saturated rings. The van der Waals surface area contributed by atoms with Crippen LogP contribution in [0.1, 0.15) is 11.1 Å². The minimum Gasteiger partial charge on any atom is -0.369 e. The first kappa shape index (κ1) is 12.6. The molecule has 20 heavy (non-hydrogen) atoms. The second kappa shape index (κ2) is 4.92. The van der Waals surface area contributed by atoms with E-state index in [0.717, 1.165) is 28.7 Å². The predicted octanol–water partition coefficient (Wildman–Crippen LogP) is 2.70. The molecule has 0 amide bonds. The van der Waals surface area contributed by atoms with Crippen LogP contribution in [0.2, 0.25) is 0 Å². The van der Waals surface area contributed by atoms with E-state index >= 15 is 0 Å². The highest BCUT2D eigenvalue weighted by Gasteiger charge is 2.09. The molecule has 0 radical (unpaired) electrons. The van der Waals surface area contributed by atoms with E-state index in [0.29, 0.717) is 12.5 Å². The summed E-state index contributed by atoms with van der Waals surface area (Å²) >= 11 is 0. The number of imidazole rings is 1. The molecule has 1 aromatic carbocycles. The van der Waals surface area contributed by atoms with Crippen LogP contribution in [-0.2, 0) is 13.0 Å². The zero-order chi connectivity index (χ0) is 14.1. The zero-order valence-electron chi connectivity index (χ0n) is 11.2. The van der Waals surface area contributed by atoms with Gasteiger partial charge >= 0.3 is 0 Å². The van der Waals surface area contributed by atoms with Crippen LogP contribution >= 0.6 is 0 Å². The maximum Gasteiger partial charge on any atom is 0.202 e. The van der Waals surface area contributed by atoms with Crippen LogP contribution < -0.4 is 5.73 Å². The summed E-state index contributed by atoms with van der Waals surface area (Å²) in [6, 6.07) is 8.45. The van der Waals surface area contributed by atoms with Gasteiger partial charge in [-0.1, -0.05) is 12.1 Å². The third-order valence-electron chi connectivity index (χ3n) is 3.29. The molecule has 0 aliphatic rings.